The summed E-state index contributed by atoms with van der Waals surface area (Å²) in [6.45, 7) is 1.56. The summed E-state index contributed by atoms with van der Waals surface area (Å²) in [5.74, 6) is -0.856. The average molecular weight is 195 g/mol. The largest absolute Gasteiger partial charge is 0.324 e. The number of halogens is 3. The molecule has 0 aliphatic heterocycles. The highest BCUT2D eigenvalue weighted by Gasteiger charge is 2.20. The van der Waals surface area contributed by atoms with Crippen LogP contribution in [0.25, 0.3) is 0 Å². The normalized spacial score (nSPS) is 13.8. The van der Waals surface area contributed by atoms with E-state index in [9.17, 15) is 13.2 Å². The Morgan fingerprint density at radius 2 is 2.08 bits per heavy atom. The fourth-order valence-electron chi connectivity index (χ4n) is 0.827. The number of hydrogen-bond donors (Lipinski definition) is 1. The minimum atomic E-state index is -2.75. The van der Waals surface area contributed by atoms with Crippen LogP contribution in [0.4, 0.5) is 13.2 Å². The third kappa shape index (κ3) is 1.61. The summed E-state index contributed by atoms with van der Waals surface area (Å²) in [7, 11) is 0. The fourth-order valence-corrected chi connectivity index (χ4v) is 1.72. The highest BCUT2D eigenvalue weighted by Crippen LogP contribution is 2.32. The van der Waals surface area contributed by atoms with Crippen molar-refractivity contribution in [2.75, 3.05) is 0 Å². The Morgan fingerprint density at radius 3 is 2.33 bits per heavy atom. The lowest BCUT2D eigenvalue weighted by atomic mass is 10.2. The van der Waals surface area contributed by atoms with Gasteiger partial charge >= 0.3 is 0 Å². The van der Waals surface area contributed by atoms with Gasteiger partial charge in [0.25, 0.3) is 6.43 Å². The molecule has 0 spiro atoms. The van der Waals surface area contributed by atoms with E-state index in [4.69, 9.17) is 5.73 Å². The Balaban J connectivity index is 3.04. The molecular weight excluding hydrogens is 187 g/mol. The molecule has 1 unspecified atom stereocenters. The highest BCUT2D eigenvalue weighted by molar-refractivity contribution is 7.10. The first-order chi connectivity index (χ1) is 5.54. The minimum absolute atomic E-state index is 0.162. The van der Waals surface area contributed by atoms with Crippen molar-refractivity contribution in [3.05, 3.63) is 21.6 Å². The summed E-state index contributed by atoms with van der Waals surface area (Å²) in [5, 5.41) is 1.33. The predicted octanol–water partition coefficient (Wildman–Crippen LogP) is 2.84. The molecule has 1 aromatic rings. The molecule has 1 heterocycles. The van der Waals surface area contributed by atoms with Gasteiger partial charge in [-0.05, 0) is 12.3 Å². The van der Waals surface area contributed by atoms with E-state index in [2.05, 4.69) is 0 Å². The van der Waals surface area contributed by atoms with E-state index in [0.29, 0.717) is 11.3 Å². The van der Waals surface area contributed by atoms with E-state index in [1.807, 2.05) is 0 Å². The number of hydrogen-bond acceptors (Lipinski definition) is 2. The molecular formula is C7H8F3NS. The molecule has 12 heavy (non-hydrogen) atoms. The van der Waals surface area contributed by atoms with Gasteiger partial charge in [-0.15, -0.1) is 11.3 Å². The average Bonchev–Trinajstić information content (AvgIpc) is 2.30. The quantitative estimate of drug-likeness (QED) is 0.771. The standard InChI is InChI=1S/C7H8F3NS/c1-3(11)4-2-12-6(5(4)8)7(9)10/h2-3,7H,11H2,1H3. The van der Waals surface area contributed by atoms with Crippen LogP contribution in [0.15, 0.2) is 5.38 Å². The second kappa shape index (κ2) is 3.45. The van der Waals surface area contributed by atoms with Crippen LogP contribution < -0.4 is 5.73 Å². The zero-order valence-electron chi connectivity index (χ0n) is 6.35. The second-order valence-electron chi connectivity index (χ2n) is 2.46. The molecule has 0 aliphatic rings. The molecule has 0 aromatic carbocycles. The van der Waals surface area contributed by atoms with E-state index >= 15 is 0 Å². The maximum atomic E-state index is 13.0. The molecule has 0 amide bonds. The Hall–Kier alpha value is -0.550. The molecule has 0 saturated carbocycles. The van der Waals surface area contributed by atoms with E-state index in [1.54, 1.807) is 6.92 Å². The number of nitrogens with two attached hydrogens (primary N) is 1. The van der Waals surface area contributed by atoms with Gasteiger partial charge in [-0.1, -0.05) is 0 Å². The zero-order valence-corrected chi connectivity index (χ0v) is 7.17. The van der Waals surface area contributed by atoms with Gasteiger partial charge in [-0.2, -0.15) is 0 Å². The molecule has 0 radical (unpaired) electrons. The van der Waals surface area contributed by atoms with E-state index in [1.165, 1.54) is 5.38 Å². The van der Waals surface area contributed by atoms with Crippen LogP contribution in [0.5, 0.6) is 0 Å². The van der Waals surface area contributed by atoms with Crippen LogP contribution >= 0.6 is 11.3 Å². The molecule has 0 fully saturated rings. The highest BCUT2D eigenvalue weighted by atomic mass is 32.1. The van der Waals surface area contributed by atoms with Crippen molar-refractivity contribution in [2.24, 2.45) is 5.73 Å². The lowest BCUT2D eigenvalue weighted by Crippen LogP contribution is -2.05. The molecule has 1 aromatic heterocycles. The van der Waals surface area contributed by atoms with Crippen molar-refractivity contribution in [1.29, 1.82) is 0 Å². The third-order valence-electron chi connectivity index (χ3n) is 1.47. The van der Waals surface area contributed by atoms with Crippen LogP contribution in [0.2, 0.25) is 0 Å². The molecule has 0 saturated heterocycles. The Kier molecular flexibility index (Phi) is 2.74. The summed E-state index contributed by atoms with van der Waals surface area (Å²) in [6.07, 6.45) is -2.75. The molecule has 1 rings (SSSR count). The second-order valence-corrected chi connectivity index (χ2v) is 3.37. The Labute approximate surface area is 72.0 Å². The van der Waals surface area contributed by atoms with Gasteiger partial charge in [0.05, 0.1) is 0 Å². The number of rotatable bonds is 2. The van der Waals surface area contributed by atoms with Gasteiger partial charge in [0.1, 0.15) is 10.7 Å². The van der Waals surface area contributed by atoms with Crippen LogP contribution in [-0.4, -0.2) is 0 Å². The topological polar surface area (TPSA) is 26.0 Å². The zero-order chi connectivity index (χ0) is 9.30. The lowest BCUT2D eigenvalue weighted by molar-refractivity contribution is 0.151. The van der Waals surface area contributed by atoms with Gasteiger partial charge < -0.3 is 5.73 Å². The van der Waals surface area contributed by atoms with Crippen molar-refractivity contribution in [3.63, 3.8) is 0 Å². The van der Waals surface area contributed by atoms with Crippen molar-refractivity contribution < 1.29 is 13.2 Å². The summed E-state index contributed by atoms with van der Waals surface area (Å²) in [6, 6.07) is -0.534. The lowest BCUT2D eigenvalue weighted by Gasteiger charge is -2.01. The molecule has 1 nitrogen and oxygen atoms in total. The first kappa shape index (κ1) is 9.54. The molecule has 0 aliphatic carbocycles. The van der Waals surface area contributed by atoms with E-state index in [0.717, 1.165) is 0 Å². The SMILES string of the molecule is CC(N)c1csc(C(F)F)c1F. The summed E-state index contributed by atoms with van der Waals surface area (Å²) in [4.78, 5) is -0.526. The molecule has 5 heteroatoms. The van der Waals surface area contributed by atoms with Crippen LogP contribution in [-0.2, 0) is 0 Å². The fraction of sp³-hybridized carbons (Fsp3) is 0.429. The van der Waals surface area contributed by atoms with Gasteiger partial charge in [0.2, 0.25) is 0 Å². The Morgan fingerprint density at radius 1 is 1.50 bits per heavy atom. The van der Waals surface area contributed by atoms with Gasteiger partial charge in [0, 0.05) is 11.6 Å². The maximum absolute atomic E-state index is 13.0. The van der Waals surface area contributed by atoms with Crippen LogP contribution in [0.3, 0.4) is 0 Å². The number of thiophene rings is 1. The smallest absolute Gasteiger partial charge is 0.275 e. The van der Waals surface area contributed by atoms with Gasteiger partial charge in [-0.3, -0.25) is 0 Å². The van der Waals surface area contributed by atoms with Crippen LogP contribution in [0.1, 0.15) is 29.8 Å². The van der Waals surface area contributed by atoms with E-state index in [-0.39, 0.29) is 5.56 Å². The summed E-state index contributed by atoms with van der Waals surface area (Å²) in [5.41, 5.74) is 5.51. The molecule has 68 valence electrons. The van der Waals surface area contributed by atoms with Crippen molar-refractivity contribution >= 4 is 11.3 Å². The van der Waals surface area contributed by atoms with Gasteiger partial charge in [-0.25, -0.2) is 13.2 Å². The molecule has 0 bridgehead atoms. The monoisotopic (exact) mass is 195 g/mol. The van der Waals surface area contributed by atoms with Crippen molar-refractivity contribution in [3.8, 4) is 0 Å². The molecule has 2 N–H and O–H groups in total. The minimum Gasteiger partial charge on any atom is -0.324 e. The Bertz CT molecular complexity index is 244. The number of alkyl halides is 2. The van der Waals surface area contributed by atoms with E-state index < -0.39 is 23.2 Å². The van der Waals surface area contributed by atoms with Gasteiger partial charge in [0.15, 0.2) is 0 Å². The van der Waals surface area contributed by atoms with Crippen molar-refractivity contribution in [1.82, 2.24) is 0 Å². The van der Waals surface area contributed by atoms with Crippen LogP contribution in [0, 0.1) is 5.82 Å². The van der Waals surface area contributed by atoms with Crippen molar-refractivity contribution in [2.45, 2.75) is 19.4 Å². The first-order valence-corrected chi connectivity index (χ1v) is 4.22. The predicted molar refractivity (Wildman–Crippen MR) is 41.8 cm³/mol. The summed E-state index contributed by atoms with van der Waals surface area (Å²) < 4.78 is 37.1. The third-order valence-corrected chi connectivity index (χ3v) is 2.45. The first-order valence-electron chi connectivity index (χ1n) is 3.34. The maximum Gasteiger partial charge on any atom is 0.275 e. The summed E-state index contributed by atoms with van der Waals surface area (Å²) >= 11 is 0.708. The molecule has 1 atom stereocenters.